The van der Waals surface area contributed by atoms with E-state index in [-0.39, 0.29) is 6.04 Å². The van der Waals surface area contributed by atoms with Crippen molar-refractivity contribution in [1.82, 2.24) is 10.7 Å². The lowest BCUT2D eigenvalue weighted by molar-refractivity contribution is -0.139. The van der Waals surface area contributed by atoms with Gasteiger partial charge in [0.2, 0.25) is 0 Å². The molecule has 21 heavy (non-hydrogen) atoms. The van der Waals surface area contributed by atoms with Crippen LogP contribution in [0, 0.1) is 0 Å². The van der Waals surface area contributed by atoms with Crippen LogP contribution < -0.4 is 15.5 Å². The highest BCUT2D eigenvalue weighted by Gasteiger charge is 2.13. The Kier molecular flexibility index (Phi) is 6.39. The zero-order valence-corrected chi connectivity index (χ0v) is 12.8. The number of ether oxygens (including phenoxy) is 1. The first-order chi connectivity index (χ1) is 9.92. The molecule has 0 aliphatic carbocycles. The minimum atomic E-state index is -0.766. The Morgan fingerprint density at radius 2 is 1.81 bits per heavy atom. The summed E-state index contributed by atoms with van der Waals surface area (Å²) in [6.45, 7) is 5.34. The van der Waals surface area contributed by atoms with Crippen LogP contribution in [0.1, 0.15) is 26.3 Å². The molecule has 0 atom stereocenters. The number of hydrogen-bond donors (Lipinski definition) is 2. The summed E-state index contributed by atoms with van der Waals surface area (Å²) in [7, 11) is 1.61. The van der Waals surface area contributed by atoms with Crippen molar-refractivity contribution in [2.75, 3.05) is 7.11 Å². The topological polar surface area (TPSA) is 79.8 Å². The molecule has 0 radical (unpaired) electrons. The van der Waals surface area contributed by atoms with Crippen LogP contribution in [0.2, 0.25) is 0 Å². The molecule has 0 saturated carbocycles. The molecular formula is C15H21N3O3. The molecule has 1 aromatic rings. The first kappa shape index (κ1) is 16.7. The molecule has 0 aliphatic heterocycles. The highest BCUT2D eigenvalue weighted by molar-refractivity contribution is 6.35. The number of methoxy groups -OCH3 is 1. The van der Waals surface area contributed by atoms with Gasteiger partial charge in [0.05, 0.1) is 7.11 Å². The monoisotopic (exact) mass is 291 g/mol. The van der Waals surface area contributed by atoms with Gasteiger partial charge in [-0.3, -0.25) is 9.59 Å². The van der Waals surface area contributed by atoms with E-state index >= 15 is 0 Å². The summed E-state index contributed by atoms with van der Waals surface area (Å²) in [5.41, 5.74) is 3.98. The molecule has 6 nitrogen and oxygen atoms in total. The fraction of sp³-hybridized carbons (Fsp3) is 0.400. The van der Waals surface area contributed by atoms with Crippen molar-refractivity contribution in [3.63, 3.8) is 0 Å². The molecule has 2 amide bonds. The van der Waals surface area contributed by atoms with Gasteiger partial charge in [-0.25, -0.2) is 5.43 Å². The smallest absolute Gasteiger partial charge is 0.329 e. The Balaban J connectivity index is 2.52. The number of carbonyl (C=O) groups is 2. The highest BCUT2D eigenvalue weighted by Crippen LogP contribution is 2.11. The molecule has 1 rings (SSSR count). The third-order valence-electron chi connectivity index (χ3n) is 2.59. The summed E-state index contributed by atoms with van der Waals surface area (Å²) in [4.78, 5) is 22.9. The average Bonchev–Trinajstić information content (AvgIpc) is 2.44. The fourth-order valence-electron chi connectivity index (χ4n) is 1.60. The van der Waals surface area contributed by atoms with Crippen molar-refractivity contribution in [3.8, 4) is 5.75 Å². The van der Waals surface area contributed by atoms with Crippen LogP contribution in [0.25, 0.3) is 0 Å². The zero-order valence-electron chi connectivity index (χ0n) is 12.8. The van der Waals surface area contributed by atoms with Crippen molar-refractivity contribution in [1.29, 1.82) is 0 Å². The largest absolute Gasteiger partial charge is 0.497 e. The lowest BCUT2D eigenvalue weighted by atomic mass is 10.1. The summed E-state index contributed by atoms with van der Waals surface area (Å²) >= 11 is 0. The third kappa shape index (κ3) is 6.07. The number of amides is 2. The molecule has 0 fully saturated rings. The average molecular weight is 291 g/mol. The predicted molar refractivity (Wildman–Crippen MR) is 81.2 cm³/mol. The van der Waals surface area contributed by atoms with Crippen molar-refractivity contribution in [2.24, 2.45) is 5.10 Å². The highest BCUT2D eigenvalue weighted by atomic mass is 16.5. The molecule has 0 spiro atoms. The van der Waals surface area contributed by atoms with E-state index in [9.17, 15) is 9.59 Å². The summed E-state index contributed by atoms with van der Waals surface area (Å²) in [5, 5.41) is 6.41. The number of rotatable bonds is 5. The van der Waals surface area contributed by atoms with Gasteiger partial charge in [0, 0.05) is 18.2 Å². The molecule has 1 aromatic carbocycles. The van der Waals surface area contributed by atoms with Crippen LogP contribution in [0.15, 0.2) is 29.4 Å². The number of nitrogens with zero attached hydrogens (tertiary/aromatic N) is 1. The van der Waals surface area contributed by atoms with Gasteiger partial charge < -0.3 is 10.1 Å². The Bertz CT molecular complexity index is 521. The second kappa shape index (κ2) is 8.04. The van der Waals surface area contributed by atoms with Gasteiger partial charge in [-0.2, -0.15) is 5.10 Å². The first-order valence-corrected chi connectivity index (χ1v) is 6.69. The molecule has 0 aliphatic rings. The molecule has 0 saturated heterocycles. The van der Waals surface area contributed by atoms with Gasteiger partial charge in [-0.15, -0.1) is 0 Å². The summed E-state index contributed by atoms with van der Waals surface area (Å²) in [6.07, 6.45) is 0.579. The van der Waals surface area contributed by atoms with Crippen molar-refractivity contribution >= 4 is 17.5 Å². The van der Waals surface area contributed by atoms with Crippen LogP contribution in [-0.2, 0) is 16.0 Å². The number of benzene rings is 1. The number of hydrogen-bond acceptors (Lipinski definition) is 4. The number of hydrazone groups is 1. The van der Waals surface area contributed by atoms with Gasteiger partial charge >= 0.3 is 11.8 Å². The van der Waals surface area contributed by atoms with Crippen LogP contribution >= 0.6 is 0 Å². The maximum absolute atomic E-state index is 11.5. The minimum Gasteiger partial charge on any atom is -0.497 e. The molecule has 0 unspecified atom stereocenters. The van der Waals surface area contributed by atoms with E-state index < -0.39 is 11.8 Å². The number of carbonyl (C=O) groups excluding carboxylic acids is 2. The van der Waals surface area contributed by atoms with Gasteiger partial charge in [-0.1, -0.05) is 12.1 Å². The molecule has 0 heterocycles. The van der Waals surface area contributed by atoms with Gasteiger partial charge in [0.1, 0.15) is 5.75 Å². The SMILES string of the molecule is COc1ccc(CC(C)=NNC(=O)C(=O)NC(C)C)cc1. The first-order valence-electron chi connectivity index (χ1n) is 6.69. The lowest BCUT2D eigenvalue weighted by Gasteiger charge is -2.07. The second-order valence-electron chi connectivity index (χ2n) is 4.94. The molecule has 114 valence electrons. The van der Waals surface area contributed by atoms with E-state index in [1.165, 1.54) is 0 Å². The van der Waals surface area contributed by atoms with E-state index in [1.807, 2.05) is 24.3 Å². The maximum atomic E-state index is 11.5. The summed E-state index contributed by atoms with van der Waals surface area (Å²) in [6, 6.07) is 7.47. The van der Waals surface area contributed by atoms with Crippen LogP contribution in [0.4, 0.5) is 0 Å². The van der Waals surface area contributed by atoms with Crippen LogP contribution in [0.5, 0.6) is 5.75 Å². The number of nitrogens with one attached hydrogen (secondary N) is 2. The van der Waals surface area contributed by atoms with E-state index in [4.69, 9.17) is 4.74 Å². The van der Waals surface area contributed by atoms with E-state index in [1.54, 1.807) is 27.9 Å². The molecule has 0 aromatic heterocycles. The molecule has 0 bridgehead atoms. The Hall–Kier alpha value is -2.37. The van der Waals surface area contributed by atoms with Gasteiger partial charge in [0.25, 0.3) is 0 Å². The molecule has 2 N–H and O–H groups in total. The van der Waals surface area contributed by atoms with Gasteiger partial charge in [-0.05, 0) is 38.5 Å². The van der Waals surface area contributed by atoms with E-state index in [0.717, 1.165) is 11.3 Å². The van der Waals surface area contributed by atoms with E-state index in [0.29, 0.717) is 12.1 Å². The summed E-state index contributed by atoms with van der Waals surface area (Å²) < 4.78 is 5.08. The summed E-state index contributed by atoms with van der Waals surface area (Å²) in [5.74, 6) is -0.671. The quantitative estimate of drug-likeness (QED) is 0.487. The van der Waals surface area contributed by atoms with Crippen LogP contribution in [0.3, 0.4) is 0 Å². The standard InChI is InChI=1S/C15H21N3O3/c1-10(2)16-14(19)15(20)18-17-11(3)9-12-5-7-13(21-4)8-6-12/h5-8,10H,9H2,1-4H3,(H,16,19)(H,18,20). The molecular weight excluding hydrogens is 270 g/mol. The van der Waals surface area contributed by atoms with Crippen molar-refractivity contribution in [3.05, 3.63) is 29.8 Å². The van der Waals surface area contributed by atoms with E-state index in [2.05, 4.69) is 15.8 Å². The lowest BCUT2D eigenvalue weighted by Crippen LogP contribution is -2.41. The normalized spacial score (nSPS) is 11.2. The van der Waals surface area contributed by atoms with Crippen LogP contribution in [-0.4, -0.2) is 30.7 Å². The third-order valence-corrected chi connectivity index (χ3v) is 2.59. The zero-order chi connectivity index (χ0) is 15.8. The molecule has 6 heteroatoms. The Morgan fingerprint density at radius 1 is 1.19 bits per heavy atom. The maximum Gasteiger partial charge on any atom is 0.329 e. The minimum absolute atomic E-state index is 0.0902. The Morgan fingerprint density at radius 3 is 2.33 bits per heavy atom. The predicted octanol–water partition coefficient (Wildman–Crippen LogP) is 1.25. The second-order valence-corrected chi connectivity index (χ2v) is 4.94. The fourth-order valence-corrected chi connectivity index (χ4v) is 1.60. The van der Waals surface area contributed by atoms with Gasteiger partial charge in [0.15, 0.2) is 0 Å². The Labute approximate surface area is 124 Å². The van der Waals surface area contributed by atoms with Crippen molar-refractivity contribution < 1.29 is 14.3 Å². The van der Waals surface area contributed by atoms with Crippen molar-refractivity contribution in [2.45, 2.75) is 33.2 Å².